The summed E-state index contributed by atoms with van der Waals surface area (Å²) >= 11 is 1.50. The van der Waals surface area contributed by atoms with Crippen molar-refractivity contribution in [1.82, 2.24) is 4.98 Å². The highest BCUT2D eigenvalue weighted by molar-refractivity contribution is 7.09. The molecule has 0 saturated heterocycles. The maximum Gasteiger partial charge on any atom is 0.271 e. The molecule has 1 aromatic heterocycles. The van der Waals surface area contributed by atoms with E-state index in [1.807, 2.05) is 19.2 Å². The number of hydrogen-bond acceptors (Lipinski definition) is 5. The Morgan fingerprint density at radius 2 is 2.26 bits per heavy atom. The number of hydrogen-bond donors (Lipinski definition) is 1. The van der Waals surface area contributed by atoms with Crippen LogP contribution in [0.25, 0.3) is 0 Å². The molecule has 19 heavy (non-hydrogen) atoms. The van der Waals surface area contributed by atoms with Gasteiger partial charge in [0.15, 0.2) is 0 Å². The normalized spacial score (nSPS) is 12.2. The van der Waals surface area contributed by atoms with Gasteiger partial charge in [0.2, 0.25) is 0 Å². The predicted octanol–water partition coefficient (Wildman–Crippen LogP) is 3.67. The van der Waals surface area contributed by atoms with E-state index in [1.165, 1.54) is 17.4 Å². The molecule has 7 heteroatoms. The SMILES string of the molecule is Cc1nc(C(C)Nc2cc([N+](=O)[O-])ccc2F)cs1. The van der Waals surface area contributed by atoms with Crippen LogP contribution in [0.3, 0.4) is 0 Å². The summed E-state index contributed by atoms with van der Waals surface area (Å²) in [4.78, 5) is 14.4. The zero-order chi connectivity index (χ0) is 14.0. The summed E-state index contributed by atoms with van der Waals surface area (Å²) in [5.41, 5.74) is 0.742. The first kappa shape index (κ1) is 13.4. The average Bonchev–Trinajstić information content (AvgIpc) is 2.78. The second kappa shape index (κ2) is 5.31. The number of nitro benzene ring substituents is 1. The summed E-state index contributed by atoms with van der Waals surface area (Å²) in [5, 5.41) is 16.4. The molecule has 0 amide bonds. The smallest absolute Gasteiger partial charge is 0.271 e. The molecule has 2 aromatic rings. The summed E-state index contributed by atoms with van der Waals surface area (Å²) in [7, 11) is 0. The topological polar surface area (TPSA) is 68.1 Å². The maximum absolute atomic E-state index is 13.6. The van der Waals surface area contributed by atoms with Gasteiger partial charge in [0, 0.05) is 17.5 Å². The van der Waals surface area contributed by atoms with Gasteiger partial charge in [0.25, 0.3) is 5.69 Å². The maximum atomic E-state index is 13.6. The van der Waals surface area contributed by atoms with Gasteiger partial charge < -0.3 is 5.32 Å². The highest BCUT2D eigenvalue weighted by atomic mass is 32.1. The van der Waals surface area contributed by atoms with Crippen LogP contribution in [0.15, 0.2) is 23.6 Å². The van der Waals surface area contributed by atoms with Crippen LogP contribution in [0, 0.1) is 22.9 Å². The van der Waals surface area contributed by atoms with Crippen molar-refractivity contribution in [3.05, 3.63) is 50.2 Å². The lowest BCUT2D eigenvalue weighted by atomic mass is 10.2. The molecule has 0 saturated carbocycles. The fourth-order valence-electron chi connectivity index (χ4n) is 1.62. The molecule has 0 bridgehead atoms. The fraction of sp³-hybridized carbons (Fsp3) is 0.250. The molecule has 1 atom stereocenters. The van der Waals surface area contributed by atoms with Gasteiger partial charge in [-0.1, -0.05) is 0 Å². The van der Waals surface area contributed by atoms with Crippen molar-refractivity contribution in [3.63, 3.8) is 0 Å². The van der Waals surface area contributed by atoms with Crippen molar-refractivity contribution >= 4 is 22.7 Å². The number of aromatic nitrogens is 1. The third-order valence-electron chi connectivity index (χ3n) is 2.61. The second-order valence-corrected chi connectivity index (χ2v) is 5.14. The summed E-state index contributed by atoms with van der Waals surface area (Å²) in [6.45, 7) is 3.71. The Kier molecular flexibility index (Phi) is 3.75. The fourth-order valence-corrected chi connectivity index (χ4v) is 2.33. The van der Waals surface area contributed by atoms with Gasteiger partial charge in [-0.15, -0.1) is 11.3 Å². The number of thiazole rings is 1. The van der Waals surface area contributed by atoms with Crippen molar-refractivity contribution in [3.8, 4) is 0 Å². The largest absolute Gasteiger partial charge is 0.374 e. The van der Waals surface area contributed by atoms with Crippen LogP contribution < -0.4 is 5.32 Å². The molecular formula is C12H12FN3O2S. The number of benzene rings is 1. The molecule has 1 unspecified atom stereocenters. The van der Waals surface area contributed by atoms with Gasteiger partial charge in [0.05, 0.1) is 27.4 Å². The van der Waals surface area contributed by atoms with Crippen molar-refractivity contribution in [2.24, 2.45) is 0 Å². The van der Waals surface area contributed by atoms with E-state index in [-0.39, 0.29) is 17.4 Å². The van der Waals surface area contributed by atoms with E-state index < -0.39 is 10.7 Å². The Morgan fingerprint density at radius 3 is 2.84 bits per heavy atom. The van der Waals surface area contributed by atoms with Crippen LogP contribution in [-0.2, 0) is 0 Å². The van der Waals surface area contributed by atoms with E-state index in [0.29, 0.717) is 0 Å². The van der Waals surface area contributed by atoms with E-state index in [2.05, 4.69) is 10.3 Å². The Morgan fingerprint density at radius 1 is 1.53 bits per heavy atom. The van der Waals surface area contributed by atoms with Crippen molar-refractivity contribution in [1.29, 1.82) is 0 Å². The van der Waals surface area contributed by atoms with Crippen LogP contribution in [0.1, 0.15) is 23.7 Å². The predicted molar refractivity (Wildman–Crippen MR) is 71.9 cm³/mol. The minimum Gasteiger partial charge on any atom is -0.374 e. The van der Waals surface area contributed by atoms with E-state index >= 15 is 0 Å². The Labute approximate surface area is 113 Å². The molecule has 0 fully saturated rings. The van der Waals surface area contributed by atoms with Crippen LogP contribution in [0.5, 0.6) is 0 Å². The highest BCUT2D eigenvalue weighted by Gasteiger charge is 2.14. The number of nitro groups is 1. The molecule has 1 N–H and O–H groups in total. The van der Waals surface area contributed by atoms with Gasteiger partial charge in [-0.05, 0) is 19.9 Å². The second-order valence-electron chi connectivity index (χ2n) is 4.08. The van der Waals surface area contributed by atoms with Crippen LogP contribution >= 0.6 is 11.3 Å². The highest BCUT2D eigenvalue weighted by Crippen LogP contribution is 2.26. The summed E-state index contributed by atoms with van der Waals surface area (Å²) in [6, 6.07) is 3.18. The molecular weight excluding hydrogens is 269 g/mol. The number of rotatable bonds is 4. The lowest BCUT2D eigenvalue weighted by Gasteiger charge is -2.13. The molecule has 100 valence electrons. The lowest BCUT2D eigenvalue weighted by Crippen LogP contribution is -2.08. The number of nitrogens with one attached hydrogen (secondary N) is 1. The standard InChI is InChI=1S/C12H12FN3O2S/c1-7(12-6-19-8(2)15-12)14-11-5-9(16(17)18)3-4-10(11)13/h3-7,14H,1-2H3. The molecule has 0 aliphatic carbocycles. The van der Waals surface area contributed by atoms with E-state index in [9.17, 15) is 14.5 Å². The summed E-state index contributed by atoms with van der Waals surface area (Å²) < 4.78 is 13.6. The van der Waals surface area contributed by atoms with E-state index in [4.69, 9.17) is 0 Å². The lowest BCUT2D eigenvalue weighted by molar-refractivity contribution is -0.384. The number of non-ortho nitro benzene ring substituents is 1. The van der Waals surface area contributed by atoms with Crippen LogP contribution in [0.2, 0.25) is 0 Å². The minimum absolute atomic E-state index is 0.104. The molecule has 0 spiro atoms. The summed E-state index contributed by atoms with van der Waals surface area (Å²) in [6.07, 6.45) is 0. The molecule has 2 rings (SSSR count). The molecule has 0 aliphatic rings. The number of anilines is 1. The molecule has 1 aromatic carbocycles. The summed E-state index contributed by atoms with van der Waals surface area (Å²) in [5.74, 6) is -0.524. The van der Waals surface area contributed by atoms with Gasteiger partial charge >= 0.3 is 0 Å². The third-order valence-corrected chi connectivity index (χ3v) is 3.40. The third kappa shape index (κ3) is 3.05. The monoisotopic (exact) mass is 281 g/mol. The Hall–Kier alpha value is -2.02. The average molecular weight is 281 g/mol. The van der Waals surface area contributed by atoms with Crippen molar-refractivity contribution in [2.45, 2.75) is 19.9 Å². The molecule has 0 aliphatic heterocycles. The first-order chi connectivity index (χ1) is 8.97. The first-order valence-electron chi connectivity index (χ1n) is 5.60. The zero-order valence-corrected chi connectivity index (χ0v) is 11.2. The van der Waals surface area contributed by atoms with Crippen LogP contribution in [-0.4, -0.2) is 9.91 Å². The van der Waals surface area contributed by atoms with Crippen molar-refractivity contribution < 1.29 is 9.31 Å². The minimum atomic E-state index is -0.553. The van der Waals surface area contributed by atoms with Gasteiger partial charge in [-0.2, -0.15) is 0 Å². The number of nitrogens with zero attached hydrogens (tertiary/aromatic N) is 2. The molecule has 0 radical (unpaired) electrons. The number of aryl methyl sites for hydroxylation is 1. The van der Waals surface area contributed by atoms with Crippen molar-refractivity contribution in [2.75, 3.05) is 5.32 Å². The zero-order valence-electron chi connectivity index (χ0n) is 10.4. The van der Waals surface area contributed by atoms with Gasteiger partial charge in [-0.3, -0.25) is 10.1 Å². The van der Waals surface area contributed by atoms with Gasteiger partial charge in [-0.25, -0.2) is 9.37 Å². The van der Waals surface area contributed by atoms with Gasteiger partial charge in [0.1, 0.15) is 5.82 Å². The number of halogens is 1. The molecule has 5 nitrogen and oxygen atoms in total. The van der Waals surface area contributed by atoms with E-state index in [0.717, 1.165) is 22.8 Å². The Bertz CT molecular complexity index is 615. The first-order valence-corrected chi connectivity index (χ1v) is 6.48. The van der Waals surface area contributed by atoms with E-state index in [1.54, 1.807) is 0 Å². The Balaban J connectivity index is 2.22. The molecule has 1 heterocycles. The quantitative estimate of drug-likeness (QED) is 0.685. The van der Waals surface area contributed by atoms with Crippen LogP contribution in [0.4, 0.5) is 15.8 Å².